The van der Waals surface area contributed by atoms with Gasteiger partial charge >= 0.3 is 5.97 Å². The third kappa shape index (κ3) is 5.43. The van der Waals surface area contributed by atoms with Crippen LogP contribution in [0.4, 0.5) is 0 Å². The Morgan fingerprint density at radius 2 is 1.76 bits per heavy atom. The lowest BCUT2D eigenvalue weighted by Gasteiger charge is -2.28. The van der Waals surface area contributed by atoms with Crippen molar-refractivity contribution in [2.45, 2.75) is 30.3 Å². The second-order valence-corrected chi connectivity index (χ2v) is 12.3. The van der Waals surface area contributed by atoms with Crippen LogP contribution >= 0.6 is 0 Å². The maximum absolute atomic E-state index is 13.0. The molecule has 2 aromatic rings. The highest BCUT2D eigenvalue weighted by atomic mass is 32.2. The molecule has 1 fully saturated rings. The number of benzene rings is 2. The average Bonchev–Trinajstić information content (AvgIpc) is 3.15. The number of nitrogens with zero attached hydrogens (tertiary/aromatic N) is 1. The van der Waals surface area contributed by atoms with Gasteiger partial charge in [-0.15, -0.1) is 0 Å². The molecule has 0 aliphatic carbocycles. The van der Waals surface area contributed by atoms with E-state index in [4.69, 9.17) is 4.74 Å². The number of fused-ring (bicyclic) bond motifs is 1. The molecule has 1 N–H and O–H groups in total. The fraction of sp³-hybridized carbons (Fsp3) is 0.364. The SMILES string of the molecule is O=C(COC(=O)c1ccc(S(=O)(=O)N2CCc3ccccc3C2)cc1)N[C@H]1CCS(=O)(=O)C1. The fourth-order valence-corrected chi connectivity index (χ4v) is 7.07. The molecule has 2 aromatic carbocycles. The van der Waals surface area contributed by atoms with Crippen LogP contribution in [0.5, 0.6) is 0 Å². The lowest BCUT2D eigenvalue weighted by molar-refractivity contribution is -0.124. The fourth-order valence-electron chi connectivity index (χ4n) is 3.98. The van der Waals surface area contributed by atoms with E-state index in [2.05, 4.69) is 5.32 Å². The Hall–Kier alpha value is -2.76. The summed E-state index contributed by atoms with van der Waals surface area (Å²) in [6.45, 7) is 0.114. The van der Waals surface area contributed by atoms with E-state index >= 15 is 0 Å². The smallest absolute Gasteiger partial charge is 0.338 e. The lowest BCUT2D eigenvalue weighted by Crippen LogP contribution is -2.38. The van der Waals surface area contributed by atoms with Crippen LogP contribution in [-0.4, -0.2) is 63.7 Å². The van der Waals surface area contributed by atoms with E-state index in [0.717, 1.165) is 11.1 Å². The molecule has 0 radical (unpaired) electrons. The Balaban J connectivity index is 1.34. The van der Waals surface area contributed by atoms with Crippen LogP contribution in [0.1, 0.15) is 27.9 Å². The molecule has 33 heavy (non-hydrogen) atoms. The normalized spacial score (nSPS) is 20.1. The minimum absolute atomic E-state index is 0.0247. The zero-order chi connectivity index (χ0) is 23.6. The molecule has 176 valence electrons. The second kappa shape index (κ2) is 9.24. The first-order chi connectivity index (χ1) is 15.6. The molecule has 2 heterocycles. The summed E-state index contributed by atoms with van der Waals surface area (Å²) < 4.78 is 55.3. The maximum Gasteiger partial charge on any atom is 0.338 e. The van der Waals surface area contributed by atoms with Gasteiger partial charge in [-0.2, -0.15) is 4.31 Å². The van der Waals surface area contributed by atoms with Crippen LogP contribution in [0.25, 0.3) is 0 Å². The van der Waals surface area contributed by atoms with Crippen molar-refractivity contribution in [3.05, 3.63) is 65.2 Å². The predicted molar refractivity (Wildman–Crippen MR) is 120 cm³/mol. The summed E-state index contributed by atoms with van der Waals surface area (Å²) in [7, 11) is -6.86. The van der Waals surface area contributed by atoms with E-state index in [1.165, 1.54) is 28.6 Å². The molecule has 4 rings (SSSR count). The predicted octanol–water partition coefficient (Wildman–Crippen LogP) is 0.894. The number of carbonyl (C=O) groups excluding carboxylic acids is 2. The zero-order valence-corrected chi connectivity index (χ0v) is 19.4. The Bertz CT molecular complexity index is 1270. The lowest BCUT2D eigenvalue weighted by atomic mass is 10.0. The van der Waals surface area contributed by atoms with E-state index in [1.54, 1.807) is 0 Å². The first-order valence-electron chi connectivity index (χ1n) is 10.5. The Morgan fingerprint density at radius 1 is 1.06 bits per heavy atom. The van der Waals surface area contributed by atoms with Crippen molar-refractivity contribution in [2.24, 2.45) is 0 Å². The van der Waals surface area contributed by atoms with Gasteiger partial charge in [0, 0.05) is 19.1 Å². The van der Waals surface area contributed by atoms with Crippen LogP contribution in [0.3, 0.4) is 0 Å². The monoisotopic (exact) mass is 492 g/mol. The molecule has 1 atom stereocenters. The van der Waals surface area contributed by atoms with Gasteiger partial charge in [-0.1, -0.05) is 24.3 Å². The van der Waals surface area contributed by atoms with E-state index in [1.807, 2.05) is 24.3 Å². The van der Waals surface area contributed by atoms with Gasteiger partial charge in [-0.25, -0.2) is 21.6 Å². The Kier molecular flexibility index (Phi) is 6.55. The van der Waals surface area contributed by atoms with Gasteiger partial charge in [0.2, 0.25) is 10.0 Å². The second-order valence-electron chi connectivity index (χ2n) is 8.13. The number of hydrogen-bond donors (Lipinski definition) is 1. The molecular formula is C22H24N2O7S2. The molecule has 2 aliphatic rings. The summed E-state index contributed by atoms with van der Waals surface area (Å²) in [5, 5.41) is 2.53. The topological polar surface area (TPSA) is 127 Å². The van der Waals surface area contributed by atoms with Crippen molar-refractivity contribution < 1.29 is 31.2 Å². The minimum atomic E-state index is -3.73. The largest absolute Gasteiger partial charge is 0.452 e. The molecule has 0 saturated carbocycles. The van der Waals surface area contributed by atoms with Gasteiger partial charge in [-0.05, 0) is 48.2 Å². The summed E-state index contributed by atoms with van der Waals surface area (Å²) in [5.74, 6) is -1.46. The van der Waals surface area contributed by atoms with Crippen LogP contribution in [0, 0.1) is 0 Å². The molecule has 0 bridgehead atoms. The number of nitrogens with one attached hydrogen (secondary N) is 1. The molecule has 1 saturated heterocycles. The number of amides is 1. The van der Waals surface area contributed by atoms with Crippen LogP contribution in [0.2, 0.25) is 0 Å². The van der Waals surface area contributed by atoms with Crippen molar-refractivity contribution in [3.63, 3.8) is 0 Å². The van der Waals surface area contributed by atoms with Crippen molar-refractivity contribution in [1.82, 2.24) is 9.62 Å². The number of carbonyl (C=O) groups is 2. The van der Waals surface area contributed by atoms with E-state index < -0.39 is 44.4 Å². The highest BCUT2D eigenvalue weighted by Crippen LogP contribution is 2.25. The number of sulfone groups is 1. The molecule has 0 spiro atoms. The number of rotatable bonds is 6. The molecule has 2 aliphatic heterocycles. The first-order valence-corrected chi connectivity index (χ1v) is 13.7. The van der Waals surface area contributed by atoms with Gasteiger partial charge in [0.05, 0.1) is 22.0 Å². The number of esters is 1. The molecule has 9 nitrogen and oxygen atoms in total. The van der Waals surface area contributed by atoms with Gasteiger partial charge in [0.25, 0.3) is 5.91 Å². The van der Waals surface area contributed by atoms with E-state index in [-0.39, 0.29) is 22.0 Å². The standard InChI is InChI=1S/C22H24N2O7S2/c25-21(23-19-10-12-32(27,28)15-19)14-31-22(26)17-5-7-20(8-6-17)33(29,30)24-11-9-16-3-1-2-4-18(16)13-24/h1-8,19H,9-15H2,(H,23,25)/t19-/m0/s1. The third-order valence-corrected chi connectivity index (χ3v) is 9.38. The van der Waals surface area contributed by atoms with Gasteiger partial charge in [0.1, 0.15) is 0 Å². The van der Waals surface area contributed by atoms with Crippen LogP contribution < -0.4 is 5.32 Å². The van der Waals surface area contributed by atoms with Crippen molar-refractivity contribution in [3.8, 4) is 0 Å². The quantitative estimate of drug-likeness (QED) is 0.594. The van der Waals surface area contributed by atoms with Crippen LogP contribution in [-0.2, 0) is 42.4 Å². The summed E-state index contributed by atoms with van der Waals surface area (Å²) in [4.78, 5) is 24.2. The molecule has 11 heteroatoms. The van der Waals surface area contributed by atoms with Gasteiger partial charge < -0.3 is 10.1 Å². The van der Waals surface area contributed by atoms with Crippen molar-refractivity contribution in [2.75, 3.05) is 24.7 Å². The molecular weight excluding hydrogens is 468 g/mol. The third-order valence-electron chi connectivity index (χ3n) is 5.76. The Labute approximate surface area is 192 Å². The average molecular weight is 493 g/mol. The molecule has 0 unspecified atom stereocenters. The zero-order valence-electron chi connectivity index (χ0n) is 17.8. The first kappa shape index (κ1) is 23.4. The molecule has 0 aromatic heterocycles. The number of hydrogen-bond acceptors (Lipinski definition) is 7. The van der Waals surface area contributed by atoms with Gasteiger partial charge in [0.15, 0.2) is 16.4 Å². The maximum atomic E-state index is 13.0. The summed E-state index contributed by atoms with van der Waals surface area (Å²) in [6.07, 6.45) is 0.967. The van der Waals surface area contributed by atoms with Crippen molar-refractivity contribution >= 4 is 31.7 Å². The summed E-state index contributed by atoms with van der Waals surface area (Å²) >= 11 is 0. The summed E-state index contributed by atoms with van der Waals surface area (Å²) in [6, 6.07) is 12.6. The number of ether oxygens (including phenoxy) is 1. The minimum Gasteiger partial charge on any atom is -0.452 e. The van der Waals surface area contributed by atoms with Crippen molar-refractivity contribution in [1.29, 1.82) is 0 Å². The van der Waals surface area contributed by atoms with Gasteiger partial charge in [-0.3, -0.25) is 4.79 Å². The Morgan fingerprint density at radius 3 is 2.42 bits per heavy atom. The highest BCUT2D eigenvalue weighted by Gasteiger charge is 2.30. The molecule has 1 amide bonds. The number of sulfonamides is 1. The van der Waals surface area contributed by atoms with E-state index in [9.17, 15) is 26.4 Å². The summed E-state index contributed by atoms with van der Waals surface area (Å²) in [5.41, 5.74) is 2.22. The van der Waals surface area contributed by atoms with Crippen LogP contribution in [0.15, 0.2) is 53.4 Å². The van der Waals surface area contributed by atoms with E-state index in [0.29, 0.717) is 25.9 Å². The highest BCUT2D eigenvalue weighted by molar-refractivity contribution is 7.91.